The third kappa shape index (κ3) is 4.48. The highest BCUT2D eigenvalue weighted by Crippen LogP contribution is 2.28. The van der Waals surface area contributed by atoms with Crippen molar-refractivity contribution in [3.63, 3.8) is 0 Å². The Labute approximate surface area is 172 Å². The van der Waals surface area contributed by atoms with E-state index < -0.39 is 17.3 Å². The van der Waals surface area contributed by atoms with Crippen molar-refractivity contribution in [2.24, 2.45) is 0 Å². The Morgan fingerprint density at radius 1 is 1.10 bits per heavy atom. The van der Waals surface area contributed by atoms with Gasteiger partial charge < -0.3 is 14.2 Å². The maximum atomic E-state index is 14.6. The van der Waals surface area contributed by atoms with Crippen LogP contribution in [-0.4, -0.2) is 30.0 Å². The number of rotatable bonds is 6. The Bertz CT molecular complexity index is 1120. The van der Waals surface area contributed by atoms with Gasteiger partial charge in [-0.25, -0.2) is 13.9 Å². The molecule has 0 N–H and O–H groups in total. The van der Waals surface area contributed by atoms with Crippen molar-refractivity contribution in [2.75, 3.05) is 14.2 Å². The molecule has 3 rings (SSSR count). The van der Waals surface area contributed by atoms with Crippen molar-refractivity contribution in [1.82, 2.24) is 9.78 Å². The fourth-order valence-corrected chi connectivity index (χ4v) is 2.93. The maximum Gasteiger partial charge on any atom is 0.337 e. The standard InChI is InChI=1S/C22H21FN2O5/c1-13-9-16(22(27)29-4)11-18(23)20(13)30-19-10-14(2)24-25(21(19)26)12-15-5-7-17(28-3)8-6-15/h5-11H,12H2,1-4H3. The highest BCUT2D eigenvalue weighted by Gasteiger charge is 2.17. The van der Waals surface area contributed by atoms with Crippen molar-refractivity contribution in [2.45, 2.75) is 20.4 Å². The maximum absolute atomic E-state index is 14.6. The fourth-order valence-electron chi connectivity index (χ4n) is 2.93. The van der Waals surface area contributed by atoms with Crippen LogP contribution in [-0.2, 0) is 11.3 Å². The summed E-state index contributed by atoms with van der Waals surface area (Å²) in [6.45, 7) is 3.50. The number of methoxy groups -OCH3 is 2. The van der Waals surface area contributed by atoms with E-state index in [1.165, 1.54) is 23.9 Å². The molecule has 0 fully saturated rings. The van der Waals surface area contributed by atoms with E-state index in [-0.39, 0.29) is 23.6 Å². The predicted octanol–water partition coefficient (Wildman–Crippen LogP) is 3.64. The lowest BCUT2D eigenvalue weighted by Gasteiger charge is -2.13. The largest absolute Gasteiger partial charge is 0.497 e. The Morgan fingerprint density at radius 3 is 2.40 bits per heavy atom. The molecule has 0 saturated carbocycles. The molecule has 3 aromatic rings. The number of esters is 1. The predicted molar refractivity (Wildman–Crippen MR) is 108 cm³/mol. The number of carbonyl (C=O) groups excluding carboxylic acids is 1. The van der Waals surface area contributed by atoms with Gasteiger partial charge in [-0.15, -0.1) is 0 Å². The SMILES string of the molecule is COC(=O)c1cc(C)c(Oc2cc(C)nn(Cc3ccc(OC)cc3)c2=O)c(F)c1. The average molecular weight is 412 g/mol. The Balaban J connectivity index is 1.94. The molecular formula is C22H21FN2O5. The lowest BCUT2D eigenvalue weighted by Crippen LogP contribution is -2.25. The molecule has 30 heavy (non-hydrogen) atoms. The average Bonchev–Trinajstić information content (AvgIpc) is 2.73. The van der Waals surface area contributed by atoms with Crippen LogP contribution in [0.5, 0.6) is 17.2 Å². The molecule has 0 bridgehead atoms. The summed E-state index contributed by atoms with van der Waals surface area (Å²) >= 11 is 0. The van der Waals surface area contributed by atoms with Crippen molar-refractivity contribution >= 4 is 5.97 Å². The van der Waals surface area contributed by atoms with Crippen molar-refractivity contribution in [3.05, 3.63) is 81.0 Å². The summed E-state index contributed by atoms with van der Waals surface area (Å²) in [6, 6.07) is 11.1. The molecule has 0 aliphatic heterocycles. The normalized spacial score (nSPS) is 10.6. The van der Waals surface area contributed by atoms with Crippen LogP contribution in [0.25, 0.3) is 0 Å². The Kier molecular flexibility index (Phi) is 6.15. The number of nitrogens with zero attached hydrogens (tertiary/aromatic N) is 2. The van der Waals surface area contributed by atoms with Gasteiger partial charge in [0, 0.05) is 6.07 Å². The third-order valence-electron chi connectivity index (χ3n) is 4.42. The molecule has 156 valence electrons. The molecular weight excluding hydrogens is 391 g/mol. The summed E-state index contributed by atoms with van der Waals surface area (Å²) < 4.78 is 31.2. The quantitative estimate of drug-likeness (QED) is 0.575. The van der Waals surface area contributed by atoms with E-state index >= 15 is 0 Å². The van der Waals surface area contributed by atoms with Gasteiger partial charge in [0.1, 0.15) is 5.75 Å². The number of aryl methyl sites for hydroxylation is 2. The van der Waals surface area contributed by atoms with Crippen LogP contribution in [0, 0.1) is 19.7 Å². The molecule has 0 unspecified atom stereocenters. The first-order valence-corrected chi connectivity index (χ1v) is 9.10. The van der Waals surface area contributed by atoms with E-state index in [1.54, 1.807) is 33.1 Å². The highest BCUT2D eigenvalue weighted by molar-refractivity contribution is 5.89. The van der Waals surface area contributed by atoms with Crippen LogP contribution in [0.2, 0.25) is 0 Å². The van der Waals surface area contributed by atoms with Gasteiger partial charge >= 0.3 is 11.5 Å². The van der Waals surface area contributed by atoms with Crippen LogP contribution >= 0.6 is 0 Å². The van der Waals surface area contributed by atoms with Gasteiger partial charge in [0.25, 0.3) is 0 Å². The minimum absolute atomic E-state index is 0.0580. The van der Waals surface area contributed by atoms with Crippen LogP contribution in [0.3, 0.4) is 0 Å². The second-order valence-corrected chi connectivity index (χ2v) is 6.66. The Hall–Kier alpha value is -3.68. The lowest BCUT2D eigenvalue weighted by molar-refractivity contribution is 0.0600. The summed E-state index contributed by atoms with van der Waals surface area (Å²) in [4.78, 5) is 24.5. The number of benzene rings is 2. The van der Waals surface area contributed by atoms with Crippen molar-refractivity contribution in [3.8, 4) is 17.2 Å². The number of aromatic nitrogens is 2. The summed E-state index contributed by atoms with van der Waals surface area (Å²) in [6.07, 6.45) is 0. The molecule has 0 aliphatic rings. The molecule has 0 spiro atoms. The molecule has 8 heteroatoms. The zero-order chi connectivity index (χ0) is 21.8. The molecule has 0 aliphatic carbocycles. The monoisotopic (exact) mass is 412 g/mol. The van der Waals surface area contributed by atoms with Crippen LogP contribution < -0.4 is 15.0 Å². The summed E-state index contributed by atoms with van der Waals surface area (Å²) in [7, 11) is 2.79. The van der Waals surface area contributed by atoms with E-state index in [0.29, 0.717) is 17.0 Å². The van der Waals surface area contributed by atoms with E-state index in [2.05, 4.69) is 9.84 Å². The first-order chi connectivity index (χ1) is 14.3. The van der Waals surface area contributed by atoms with E-state index in [1.807, 2.05) is 12.1 Å². The lowest BCUT2D eigenvalue weighted by atomic mass is 10.1. The minimum atomic E-state index is -0.772. The van der Waals surface area contributed by atoms with Gasteiger partial charge in [0.2, 0.25) is 0 Å². The minimum Gasteiger partial charge on any atom is -0.497 e. The first kappa shape index (κ1) is 21.0. The molecule has 1 heterocycles. The summed E-state index contributed by atoms with van der Waals surface area (Å²) in [5.74, 6) is -0.935. The third-order valence-corrected chi connectivity index (χ3v) is 4.42. The molecule has 7 nitrogen and oxygen atoms in total. The number of carbonyl (C=O) groups is 1. The molecule has 0 atom stereocenters. The molecule has 1 aromatic heterocycles. The number of halogens is 1. The first-order valence-electron chi connectivity index (χ1n) is 9.10. The topological polar surface area (TPSA) is 79.7 Å². The molecule has 0 saturated heterocycles. The summed E-state index contributed by atoms with van der Waals surface area (Å²) in [5.41, 5.74) is 1.27. The fraction of sp³-hybridized carbons (Fsp3) is 0.227. The Morgan fingerprint density at radius 2 is 1.80 bits per heavy atom. The molecule has 0 amide bonds. The van der Waals surface area contributed by atoms with Gasteiger partial charge in [-0.3, -0.25) is 4.79 Å². The zero-order valence-corrected chi connectivity index (χ0v) is 17.1. The van der Waals surface area contributed by atoms with E-state index in [0.717, 1.165) is 11.6 Å². The van der Waals surface area contributed by atoms with Crippen LogP contribution in [0.1, 0.15) is 27.2 Å². The van der Waals surface area contributed by atoms with E-state index in [4.69, 9.17) is 9.47 Å². The van der Waals surface area contributed by atoms with Gasteiger partial charge in [0.15, 0.2) is 17.3 Å². The van der Waals surface area contributed by atoms with Crippen LogP contribution in [0.4, 0.5) is 4.39 Å². The van der Waals surface area contributed by atoms with Crippen molar-refractivity contribution < 1.29 is 23.4 Å². The number of hydrogen-bond donors (Lipinski definition) is 0. The molecule has 0 radical (unpaired) electrons. The highest BCUT2D eigenvalue weighted by atomic mass is 19.1. The van der Waals surface area contributed by atoms with Gasteiger partial charge in [0.05, 0.1) is 32.0 Å². The van der Waals surface area contributed by atoms with Gasteiger partial charge in [-0.2, -0.15) is 5.10 Å². The summed E-state index contributed by atoms with van der Waals surface area (Å²) in [5, 5.41) is 4.24. The van der Waals surface area contributed by atoms with Crippen molar-refractivity contribution in [1.29, 1.82) is 0 Å². The van der Waals surface area contributed by atoms with E-state index in [9.17, 15) is 14.0 Å². The second-order valence-electron chi connectivity index (χ2n) is 6.66. The van der Waals surface area contributed by atoms with Gasteiger partial charge in [-0.05, 0) is 49.2 Å². The smallest absolute Gasteiger partial charge is 0.337 e. The van der Waals surface area contributed by atoms with Crippen LogP contribution in [0.15, 0.2) is 47.3 Å². The second kappa shape index (κ2) is 8.77. The number of ether oxygens (including phenoxy) is 3. The molecule has 2 aromatic carbocycles. The zero-order valence-electron chi connectivity index (χ0n) is 17.1. The van der Waals surface area contributed by atoms with Gasteiger partial charge in [-0.1, -0.05) is 12.1 Å². The number of hydrogen-bond acceptors (Lipinski definition) is 6.